The van der Waals surface area contributed by atoms with Crippen LogP contribution in [0.3, 0.4) is 0 Å². The van der Waals surface area contributed by atoms with Gasteiger partial charge in [-0.3, -0.25) is 0 Å². The standard InChI is InChI=1S/C12H11NO4/c1-7-3-8-10(5-13)17-12(14)11(8)9(4-7)16-6-15-2/h3-4,10H,6H2,1-2H3/t10-/m0/s1. The molecule has 0 saturated carbocycles. The molecule has 0 N–H and O–H groups in total. The number of fused-ring (bicyclic) bond motifs is 1. The van der Waals surface area contributed by atoms with Crippen LogP contribution in [0.4, 0.5) is 0 Å². The first kappa shape index (κ1) is 11.4. The van der Waals surface area contributed by atoms with Gasteiger partial charge in [0.15, 0.2) is 6.79 Å². The molecule has 5 nitrogen and oxygen atoms in total. The van der Waals surface area contributed by atoms with Crippen molar-refractivity contribution in [1.82, 2.24) is 0 Å². The molecule has 0 spiro atoms. The van der Waals surface area contributed by atoms with Crippen molar-refractivity contribution >= 4 is 5.97 Å². The highest BCUT2D eigenvalue weighted by Gasteiger charge is 2.34. The van der Waals surface area contributed by atoms with Gasteiger partial charge in [0.1, 0.15) is 17.4 Å². The van der Waals surface area contributed by atoms with Crippen molar-refractivity contribution < 1.29 is 19.0 Å². The van der Waals surface area contributed by atoms with Crippen LogP contribution < -0.4 is 4.74 Å². The van der Waals surface area contributed by atoms with E-state index in [2.05, 4.69) is 0 Å². The summed E-state index contributed by atoms with van der Waals surface area (Å²) >= 11 is 0. The van der Waals surface area contributed by atoms with Gasteiger partial charge < -0.3 is 14.2 Å². The summed E-state index contributed by atoms with van der Waals surface area (Å²) < 4.78 is 15.0. The third kappa shape index (κ3) is 1.95. The van der Waals surface area contributed by atoms with Gasteiger partial charge in [0, 0.05) is 12.7 Å². The summed E-state index contributed by atoms with van der Waals surface area (Å²) in [6, 6.07) is 5.41. The lowest BCUT2D eigenvalue weighted by molar-refractivity contribution is 0.0432. The van der Waals surface area contributed by atoms with E-state index in [0.717, 1.165) is 5.56 Å². The van der Waals surface area contributed by atoms with E-state index < -0.39 is 12.1 Å². The molecule has 0 unspecified atom stereocenters. The Bertz CT molecular complexity index is 504. The average Bonchev–Trinajstić information content (AvgIpc) is 2.62. The molecule has 0 bridgehead atoms. The van der Waals surface area contributed by atoms with E-state index in [0.29, 0.717) is 16.9 Å². The third-order valence-corrected chi connectivity index (χ3v) is 2.44. The Kier molecular flexibility index (Phi) is 2.98. The molecule has 1 aromatic carbocycles. The van der Waals surface area contributed by atoms with Crippen LogP contribution in [-0.4, -0.2) is 19.9 Å². The number of ether oxygens (including phenoxy) is 3. The maximum Gasteiger partial charge on any atom is 0.344 e. The van der Waals surface area contributed by atoms with Crippen molar-refractivity contribution in [2.45, 2.75) is 13.0 Å². The number of benzene rings is 1. The van der Waals surface area contributed by atoms with E-state index in [1.807, 2.05) is 13.0 Å². The number of carbonyl (C=O) groups is 1. The van der Waals surface area contributed by atoms with E-state index >= 15 is 0 Å². The maximum absolute atomic E-state index is 11.6. The molecule has 1 heterocycles. The van der Waals surface area contributed by atoms with Crippen molar-refractivity contribution in [2.24, 2.45) is 0 Å². The fraction of sp³-hybridized carbons (Fsp3) is 0.333. The Balaban J connectivity index is 2.49. The number of rotatable bonds is 3. The number of hydrogen-bond acceptors (Lipinski definition) is 5. The molecule has 0 amide bonds. The van der Waals surface area contributed by atoms with Crippen LogP contribution in [0.25, 0.3) is 0 Å². The smallest absolute Gasteiger partial charge is 0.344 e. The van der Waals surface area contributed by atoms with E-state index in [9.17, 15) is 4.79 Å². The van der Waals surface area contributed by atoms with Crippen molar-refractivity contribution in [3.05, 3.63) is 28.8 Å². The zero-order valence-electron chi connectivity index (χ0n) is 9.52. The van der Waals surface area contributed by atoms with Crippen LogP contribution >= 0.6 is 0 Å². The zero-order chi connectivity index (χ0) is 12.4. The Labute approximate surface area is 98.5 Å². The summed E-state index contributed by atoms with van der Waals surface area (Å²) in [6.07, 6.45) is -0.845. The first-order chi connectivity index (χ1) is 8.17. The number of nitriles is 1. The van der Waals surface area contributed by atoms with E-state index in [1.165, 1.54) is 7.11 Å². The van der Waals surface area contributed by atoms with Crippen LogP contribution in [0.2, 0.25) is 0 Å². The molecular weight excluding hydrogens is 222 g/mol. The van der Waals surface area contributed by atoms with Crippen molar-refractivity contribution in [1.29, 1.82) is 5.26 Å². The van der Waals surface area contributed by atoms with Crippen LogP contribution in [0.1, 0.15) is 27.6 Å². The number of methoxy groups -OCH3 is 1. The minimum absolute atomic E-state index is 0.0421. The zero-order valence-corrected chi connectivity index (χ0v) is 9.52. The number of aryl methyl sites for hydroxylation is 1. The third-order valence-electron chi connectivity index (χ3n) is 2.44. The number of carbonyl (C=O) groups excluding carboxylic acids is 1. The molecule has 0 fully saturated rings. The lowest BCUT2D eigenvalue weighted by atomic mass is 10.0. The van der Waals surface area contributed by atoms with E-state index in [4.69, 9.17) is 19.5 Å². The highest BCUT2D eigenvalue weighted by molar-refractivity contribution is 5.97. The molecule has 1 aliphatic heterocycles. The van der Waals surface area contributed by atoms with Gasteiger partial charge >= 0.3 is 5.97 Å². The highest BCUT2D eigenvalue weighted by atomic mass is 16.7. The van der Waals surface area contributed by atoms with Crippen LogP contribution in [0, 0.1) is 18.3 Å². The van der Waals surface area contributed by atoms with Gasteiger partial charge in [-0.25, -0.2) is 4.79 Å². The second-order valence-electron chi connectivity index (χ2n) is 3.69. The van der Waals surface area contributed by atoms with Gasteiger partial charge in [-0.05, 0) is 18.6 Å². The molecule has 0 aromatic heterocycles. The molecule has 17 heavy (non-hydrogen) atoms. The summed E-state index contributed by atoms with van der Waals surface area (Å²) in [5.74, 6) is -0.137. The van der Waals surface area contributed by atoms with Gasteiger partial charge in [-0.2, -0.15) is 5.26 Å². The molecule has 0 saturated heterocycles. The monoisotopic (exact) mass is 233 g/mol. The van der Waals surface area contributed by atoms with Crippen LogP contribution in [0.5, 0.6) is 5.75 Å². The quantitative estimate of drug-likeness (QED) is 0.587. The van der Waals surface area contributed by atoms with Crippen molar-refractivity contribution in [3.63, 3.8) is 0 Å². The molecule has 1 aliphatic rings. The van der Waals surface area contributed by atoms with Gasteiger partial charge in [-0.1, -0.05) is 6.07 Å². The lowest BCUT2D eigenvalue weighted by Gasteiger charge is -2.09. The van der Waals surface area contributed by atoms with Gasteiger partial charge in [0.25, 0.3) is 0 Å². The molecule has 1 aromatic rings. The SMILES string of the molecule is COCOc1cc(C)cc2c1C(=O)O[C@H]2C#N. The number of hydrogen-bond donors (Lipinski definition) is 0. The Hall–Kier alpha value is -2.06. The fourth-order valence-corrected chi connectivity index (χ4v) is 1.77. The predicted molar refractivity (Wildman–Crippen MR) is 57.5 cm³/mol. The minimum Gasteiger partial charge on any atom is -0.467 e. The topological polar surface area (TPSA) is 68.6 Å². The summed E-state index contributed by atoms with van der Waals surface area (Å²) in [7, 11) is 1.49. The predicted octanol–water partition coefficient (Wildman–Crippen LogP) is 1.71. The van der Waals surface area contributed by atoms with Gasteiger partial charge in [0.2, 0.25) is 6.10 Å². The highest BCUT2D eigenvalue weighted by Crippen LogP contribution is 2.37. The molecule has 0 aliphatic carbocycles. The van der Waals surface area contributed by atoms with Gasteiger partial charge in [0.05, 0.1) is 0 Å². The first-order valence-electron chi connectivity index (χ1n) is 5.04. The number of esters is 1. The second kappa shape index (κ2) is 4.44. The average molecular weight is 233 g/mol. The van der Waals surface area contributed by atoms with E-state index in [-0.39, 0.29) is 6.79 Å². The Morgan fingerprint density at radius 1 is 1.53 bits per heavy atom. The summed E-state index contributed by atoms with van der Waals surface area (Å²) in [5, 5.41) is 8.90. The van der Waals surface area contributed by atoms with Crippen LogP contribution in [-0.2, 0) is 9.47 Å². The summed E-state index contributed by atoms with van der Waals surface area (Å²) in [6.45, 7) is 1.90. The lowest BCUT2D eigenvalue weighted by Crippen LogP contribution is -2.04. The Morgan fingerprint density at radius 2 is 2.29 bits per heavy atom. The van der Waals surface area contributed by atoms with Crippen molar-refractivity contribution in [2.75, 3.05) is 13.9 Å². The number of cyclic esters (lactones) is 1. The first-order valence-corrected chi connectivity index (χ1v) is 5.04. The molecule has 0 radical (unpaired) electrons. The number of nitrogens with zero attached hydrogens (tertiary/aromatic N) is 1. The Morgan fingerprint density at radius 3 is 2.94 bits per heavy atom. The largest absolute Gasteiger partial charge is 0.467 e. The normalized spacial score (nSPS) is 17.2. The maximum atomic E-state index is 11.6. The molecule has 1 atom stereocenters. The molecule has 88 valence electrons. The van der Waals surface area contributed by atoms with E-state index in [1.54, 1.807) is 12.1 Å². The summed E-state index contributed by atoms with van der Waals surface area (Å²) in [4.78, 5) is 11.6. The minimum atomic E-state index is -0.845. The van der Waals surface area contributed by atoms with Gasteiger partial charge in [-0.15, -0.1) is 0 Å². The van der Waals surface area contributed by atoms with Crippen molar-refractivity contribution in [3.8, 4) is 11.8 Å². The second-order valence-corrected chi connectivity index (χ2v) is 3.69. The molecule has 2 rings (SSSR count). The van der Waals surface area contributed by atoms with Crippen LogP contribution in [0.15, 0.2) is 12.1 Å². The molecular formula is C12H11NO4. The summed E-state index contributed by atoms with van der Waals surface area (Å²) in [5.41, 5.74) is 1.77. The fourth-order valence-electron chi connectivity index (χ4n) is 1.77. The molecule has 5 heteroatoms.